The van der Waals surface area contributed by atoms with Crippen molar-refractivity contribution in [1.29, 1.82) is 0 Å². The first-order valence-corrected chi connectivity index (χ1v) is 6.73. The second kappa shape index (κ2) is 4.84. The lowest BCUT2D eigenvalue weighted by molar-refractivity contribution is 0.255. The van der Waals surface area contributed by atoms with Crippen LogP contribution in [0.5, 0.6) is 0 Å². The van der Waals surface area contributed by atoms with Gasteiger partial charge in [0.15, 0.2) is 0 Å². The molecule has 2 atom stereocenters. The molecule has 15 heavy (non-hydrogen) atoms. The van der Waals surface area contributed by atoms with Crippen LogP contribution in [0.4, 0.5) is 0 Å². The molecule has 2 fully saturated rings. The van der Waals surface area contributed by atoms with Crippen LogP contribution < -0.4 is 11.1 Å². The monoisotopic (exact) mass is 210 g/mol. The predicted molar refractivity (Wildman–Crippen MR) is 64.8 cm³/mol. The molecular weight excluding hydrogens is 184 g/mol. The van der Waals surface area contributed by atoms with Crippen LogP contribution in [0.25, 0.3) is 0 Å². The Kier molecular flexibility index (Phi) is 3.68. The van der Waals surface area contributed by atoms with E-state index >= 15 is 0 Å². The van der Waals surface area contributed by atoms with E-state index in [4.69, 9.17) is 5.73 Å². The molecule has 0 aliphatic heterocycles. The van der Waals surface area contributed by atoms with E-state index in [1.165, 1.54) is 57.9 Å². The zero-order valence-corrected chi connectivity index (χ0v) is 10.1. The Bertz CT molecular complexity index is 197. The first-order valence-electron chi connectivity index (χ1n) is 6.73. The van der Waals surface area contributed by atoms with E-state index in [0.717, 1.165) is 0 Å². The van der Waals surface area contributed by atoms with Crippen molar-refractivity contribution in [2.75, 3.05) is 6.54 Å². The highest BCUT2D eigenvalue weighted by Gasteiger charge is 2.33. The number of hydrogen-bond donors (Lipinski definition) is 2. The summed E-state index contributed by atoms with van der Waals surface area (Å²) in [7, 11) is 0. The van der Waals surface area contributed by atoms with Crippen molar-refractivity contribution in [3.05, 3.63) is 0 Å². The molecule has 88 valence electrons. The van der Waals surface area contributed by atoms with Crippen molar-refractivity contribution in [2.45, 2.75) is 70.4 Å². The predicted octanol–water partition coefficient (Wildman–Crippen LogP) is 2.43. The van der Waals surface area contributed by atoms with Gasteiger partial charge < -0.3 is 11.1 Å². The van der Waals surface area contributed by atoms with Gasteiger partial charge in [-0.05, 0) is 43.9 Å². The quantitative estimate of drug-likeness (QED) is 0.748. The summed E-state index contributed by atoms with van der Waals surface area (Å²) in [5.74, 6) is 0. The summed E-state index contributed by atoms with van der Waals surface area (Å²) in [6.07, 6.45) is 10.8. The summed E-state index contributed by atoms with van der Waals surface area (Å²) in [4.78, 5) is 0. The first-order chi connectivity index (χ1) is 7.24. The van der Waals surface area contributed by atoms with E-state index in [2.05, 4.69) is 12.2 Å². The molecular formula is C13H26N2. The highest BCUT2D eigenvalue weighted by molar-refractivity contribution is 4.89. The average molecular weight is 210 g/mol. The van der Waals surface area contributed by atoms with Gasteiger partial charge in [-0.25, -0.2) is 0 Å². The van der Waals surface area contributed by atoms with E-state index in [9.17, 15) is 0 Å². The number of rotatable bonds is 4. The number of nitrogens with two attached hydrogens (primary N) is 1. The summed E-state index contributed by atoms with van der Waals surface area (Å²) in [5, 5.41) is 3.77. The molecule has 3 N–H and O–H groups in total. The van der Waals surface area contributed by atoms with Gasteiger partial charge in [0.25, 0.3) is 0 Å². The van der Waals surface area contributed by atoms with Crippen LogP contribution in [-0.2, 0) is 0 Å². The van der Waals surface area contributed by atoms with Crippen LogP contribution in [0, 0.1) is 5.41 Å². The van der Waals surface area contributed by atoms with E-state index < -0.39 is 0 Å². The minimum absolute atomic E-state index is 0.462. The second-order valence-electron chi connectivity index (χ2n) is 5.71. The van der Waals surface area contributed by atoms with Crippen LogP contribution in [0.2, 0.25) is 0 Å². The van der Waals surface area contributed by atoms with Crippen LogP contribution in [0.1, 0.15) is 58.3 Å². The molecule has 2 unspecified atom stereocenters. The van der Waals surface area contributed by atoms with Crippen molar-refractivity contribution < 1.29 is 0 Å². The molecule has 0 amide bonds. The van der Waals surface area contributed by atoms with Gasteiger partial charge >= 0.3 is 0 Å². The Hall–Kier alpha value is -0.0800. The van der Waals surface area contributed by atoms with Crippen molar-refractivity contribution in [3.8, 4) is 0 Å². The molecule has 2 aliphatic rings. The topological polar surface area (TPSA) is 38.0 Å². The Morgan fingerprint density at radius 2 is 2.00 bits per heavy atom. The summed E-state index contributed by atoms with van der Waals surface area (Å²) in [5.41, 5.74) is 6.57. The molecule has 2 aliphatic carbocycles. The molecule has 2 rings (SSSR count). The third-order valence-electron chi connectivity index (χ3n) is 4.65. The minimum Gasteiger partial charge on any atom is -0.328 e. The molecule has 2 saturated carbocycles. The van der Waals surface area contributed by atoms with E-state index in [1.807, 2.05) is 0 Å². The highest BCUT2D eigenvalue weighted by atomic mass is 14.9. The van der Waals surface area contributed by atoms with Crippen LogP contribution in [0.3, 0.4) is 0 Å². The van der Waals surface area contributed by atoms with Gasteiger partial charge in [-0.3, -0.25) is 0 Å². The molecule has 0 heterocycles. The molecule has 2 nitrogen and oxygen atoms in total. The highest BCUT2D eigenvalue weighted by Crippen LogP contribution is 2.40. The van der Waals surface area contributed by atoms with E-state index in [1.54, 1.807) is 0 Å². The molecule has 0 bridgehead atoms. The van der Waals surface area contributed by atoms with Gasteiger partial charge in [0.1, 0.15) is 0 Å². The first kappa shape index (κ1) is 11.4. The lowest BCUT2D eigenvalue weighted by atomic mass is 9.83. The fraction of sp³-hybridized carbons (Fsp3) is 1.00. The van der Waals surface area contributed by atoms with E-state index in [0.29, 0.717) is 17.5 Å². The Morgan fingerprint density at radius 1 is 1.27 bits per heavy atom. The molecule has 0 radical (unpaired) electrons. The maximum atomic E-state index is 5.93. The fourth-order valence-corrected chi connectivity index (χ4v) is 3.34. The van der Waals surface area contributed by atoms with Gasteiger partial charge in [-0.2, -0.15) is 0 Å². The van der Waals surface area contributed by atoms with E-state index in [-0.39, 0.29) is 0 Å². The molecule has 0 saturated heterocycles. The third kappa shape index (κ3) is 2.73. The summed E-state index contributed by atoms with van der Waals surface area (Å²) in [6, 6.07) is 1.17. The van der Waals surface area contributed by atoms with Crippen molar-refractivity contribution in [1.82, 2.24) is 5.32 Å². The smallest absolute Gasteiger partial charge is 0.00826 e. The zero-order chi connectivity index (χ0) is 10.7. The average Bonchev–Trinajstić information content (AvgIpc) is 2.85. The molecule has 0 spiro atoms. The lowest BCUT2D eigenvalue weighted by Crippen LogP contribution is -2.37. The normalized spacial score (nSPS) is 34.8. The molecule has 0 aromatic carbocycles. The van der Waals surface area contributed by atoms with Gasteiger partial charge in [0.05, 0.1) is 0 Å². The Morgan fingerprint density at radius 3 is 2.53 bits per heavy atom. The van der Waals surface area contributed by atoms with Crippen LogP contribution in [-0.4, -0.2) is 18.6 Å². The van der Waals surface area contributed by atoms with Crippen molar-refractivity contribution in [3.63, 3.8) is 0 Å². The molecule has 0 aromatic rings. The SMILES string of the molecule is CCC1(CNC2CCC(N)C2)CCCC1. The zero-order valence-electron chi connectivity index (χ0n) is 10.1. The lowest BCUT2D eigenvalue weighted by Gasteiger charge is -2.29. The van der Waals surface area contributed by atoms with Gasteiger partial charge in [-0.1, -0.05) is 19.8 Å². The van der Waals surface area contributed by atoms with Gasteiger partial charge in [0, 0.05) is 18.6 Å². The fourth-order valence-electron chi connectivity index (χ4n) is 3.34. The Balaban J connectivity index is 1.76. The summed E-state index contributed by atoms with van der Waals surface area (Å²) >= 11 is 0. The maximum absolute atomic E-state index is 5.93. The third-order valence-corrected chi connectivity index (χ3v) is 4.65. The van der Waals surface area contributed by atoms with Crippen LogP contribution in [0.15, 0.2) is 0 Å². The minimum atomic E-state index is 0.462. The number of nitrogens with one attached hydrogen (secondary N) is 1. The molecule has 2 heteroatoms. The van der Waals surface area contributed by atoms with Crippen LogP contribution >= 0.6 is 0 Å². The molecule has 0 aromatic heterocycles. The summed E-state index contributed by atoms with van der Waals surface area (Å²) in [6.45, 7) is 3.59. The van der Waals surface area contributed by atoms with Gasteiger partial charge in [0.2, 0.25) is 0 Å². The standard InChI is InChI=1S/C13H26N2/c1-2-13(7-3-4-8-13)10-15-12-6-5-11(14)9-12/h11-12,15H,2-10,14H2,1H3. The Labute approximate surface area is 94.0 Å². The van der Waals surface area contributed by atoms with Gasteiger partial charge in [-0.15, -0.1) is 0 Å². The maximum Gasteiger partial charge on any atom is 0.00826 e. The van der Waals surface area contributed by atoms with Crippen molar-refractivity contribution in [2.24, 2.45) is 11.1 Å². The number of hydrogen-bond acceptors (Lipinski definition) is 2. The largest absolute Gasteiger partial charge is 0.328 e. The second-order valence-corrected chi connectivity index (χ2v) is 5.71. The van der Waals surface area contributed by atoms with Crippen molar-refractivity contribution >= 4 is 0 Å². The summed E-state index contributed by atoms with van der Waals surface area (Å²) < 4.78 is 0.